The number of carbonyl (C=O) groups is 3. The first-order valence-corrected chi connectivity index (χ1v) is 10.3. The van der Waals surface area contributed by atoms with Gasteiger partial charge in [-0.2, -0.15) is 0 Å². The van der Waals surface area contributed by atoms with Crippen molar-refractivity contribution in [2.45, 2.75) is 51.2 Å². The number of carbonyl (C=O) groups excluding carboxylic acids is 3. The number of hydrogen-bond acceptors (Lipinski definition) is 5. The summed E-state index contributed by atoms with van der Waals surface area (Å²) in [5.41, 5.74) is 1.99. The minimum absolute atomic E-state index is 0.0159. The molecule has 6 nitrogen and oxygen atoms in total. The van der Waals surface area contributed by atoms with E-state index in [9.17, 15) is 14.4 Å². The van der Waals surface area contributed by atoms with E-state index in [1.807, 2.05) is 42.5 Å². The highest BCUT2D eigenvalue weighted by Gasteiger charge is 2.28. The fraction of sp³-hybridized carbons (Fsp3) is 0.458. The molecule has 1 aliphatic heterocycles. The SMILES string of the molecule is COCc1cccc(CC(=O)/C=C/[C@H]2CCC(=O)N2C/C=C\CCCC(=O)OC)c1. The van der Waals surface area contributed by atoms with Gasteiger partial charge in [-0.15, -0.1) is 0 Å². The summed E-state index contributed by atoms with van der Waals surface area (Å²) in [6.07, 6.45) is 10.8. The summed E-state index contributed by atoms with van der Waals surface area (Å²) in [5.74, 6) is -0.0933. The quantitative estimate of drug-likeness (QED) is 0.227. The number of methoxy groups -OCH3 is 2. The van der Waals surface area contributed by atoms with E-state index in [1.54, 1.807) is 18.1 Å². The molecule has 1 atom stereocenters. The molecule has 162 valence electrons. The van der Waals surface area contributed by atoms with E-state index in [0.717, 1.165) is 30.4 Å². The molecule has 6 heteroatoms. The van der Waals surface area contributed by atoms with Crippen molar-refractivity contribution in [3.63, 3.8) is 0 Å². The maximum absolute atomic E-state index is 12.4. The predicted molar refractivity (Wildman–Crippen MR) is 115 cm³/mol. The maximum Gasteiger partial charge on any atom is 0.305 e. The van der Waals surface area contributed by atoms with Crippen LogP contribution in [0.2, 0.25) is 0 Å². The van der Waals surface area contributed by atoms with Gasteiger partial charge >= 0.3 is 5.97 Å². The molecule has 1 aromatic carbocycles. The largest absolute Gasteiger partial charge is 0.469 e. The summed E-state index contributed by atoms with van der Waals surface area (Å²) < 4.78 is 9.74. The second-order valence-electron chi connectivity index (χ2n) is 7.35. The fourth-order valence-electron chi connectivity index (χ4n) is 3.44. The molecule has 1 amide bonds. The Morgan fingerprint density at radius 3 is 2.77 bits per heavy atom. The number of esters is 1. The second kappa shape index (κ2) is 12.8. The van der Waals surface area contributed by atoms with E-state index in [2.05, 4.69) is 4.74 Å². The van der Waals surface area contributed by atoms with Crippen molar-refractivity contribution in [3.8, 4) is 0 Å². The highest BCUT2D eigenvalue weighted by Crippen LogP contribution is 2.20. The third kappa shape index (κ3) is 7.95. The molecule has 0 spiro atoms. The van der Waals surface area contributed by atoms with Gasteiger partial charge < -0.3 is 14.4 Å². The number of hydrogen-bond donors (Lipinski definition) is 0. The zero-order valence-electron chi connectivity index (χ0n) is 17.8. The molecule has 0 N–H and O–H groups in total. The number of unbranched alkanes of at least 4 members (excludes halogenated alkanes) is 1. The Kier molecular flexibility index (Phi) is 10.0. The van der Waals surface area contributed by atoms with Crippen LogP contribution in [-0.4, -0.2) is 49.4 Å². The molecule has 0 aliphatic carbocycles. The van der Waals surface area contributed by atoms with Crippen LogP contribution in [0.1, 0.15) is 43.2 Å². The topological polar surface area (TPSA) is 72.9 Å². The minimum atomic E-state index is -0.210. The molecule has 0 saturated carbocycles. The van der Waals surface area contributed by atoms with Crippen LogP contribution in [0, 0.1) is 0 Å². The number of benzene rings is 1. The fourth-order valence-corrected chi connectivity index (χ4v) is 3.44. The van der Waals surface area contributed by atoms with Crippen LogP contribution in [0.25, 0.3) is 0 Å². The lowest BCUT2D eigenvalue weighted by Gasteiger charge is -2.20. The molecule has 0 unspecified atom stereocenters. The van der Waals surface area contributed by atoms with Gasteiger partial charge in [0.05, 0.1) is 19.8 Å². The van der Waals surface area contributed by atoms with Crippen molar-refractivity contribution in [2.75, 3.05) is 20.8 Å². The molecule has 2 rings (SSSR count). The van der Waals surface area contributed by atoms with Crippen molar-refractivity contribution < 1.29 is 23.9 Å². The molecular formula is C24H31NO5. The van der Waals surface area contributed by atoms with Crippen molar-refractivity contribution in [1.82, 2.24) is 4.90 Å². The Labute approximate surface area is 178 Å². The van der Waals surface area contributed by atoms with E-state index in [1.165, 1.54) is 7.11 Å². The van der Waals surface area contributed by atoms with Crippen molar-refractivity contribution in [1.29, 1.82) is 0 Å². The Morgan fingerprint density at radius 2 is 2.00 bits per heavy atom. The zero-order chi connectivity index (χ0) is 21.8. The van der Waals surface area contributed by atoms with Crippen LogP contribution in [0.5, 0.6) is 0 Å². The first-order valence-electron chi connectivity index (χ1n) is 10.3. The van der Waals surface area contributed by atoms with E-state index in [4.69, 9.17) is 4.74 Å². The standard InChI is InChI=1S/C24H31NO5/c1-29-18-20-9-7-8-19(16-20)17-22(26)13-11-21-12-14-23(27)25(21)15-6-4-3-5-10-24(28)30-2/h4,6-9,11,13,16,21H,3,5,10,12,14-15,17-18H2,1-2H3/b6-4-,13-11+/t21-/m0/s1. The first kappa shape index (κ1) is 23.5. The number of amides is 1. The number of likely N-dealkylation sites (tertiary alicyclic amines) is 1. The van der Waals surface area contributed by atoms with Gasteiger partial charge in [0, 0.05) is 32.9 Å². The normalized spacial score (nSPS) is 16.7. The molecule has 0 radical (unpaired) electrons. The molecule has 1 aliphatic rings. The van der Waals surface area contributed by atoms with E-state index < -0.39 is 0 Å². The summed E-state index contributed by atoms with van der Waals surface area (Å²) in [4.78, 5) is 37.4. The molecule has 1 saturated heterocycles. The third-order valence-electron chi connectivity index (χ3n) is 5.01. The number of allylic oxidation sites excluding steroid dienone is 2. The van der Waals surface area contributed by atoms with Crippen LogP contribution >= 0.6 is 0 Å². The summed E-state index contributed by atoms with van der Waals surface area (Å²) in [5, 5.41) is 0. The van der Waals surface area contributed by atoms with Crippen LogP contribution < -0.4 is 0 Å². The Morgan fingerprint density at radius 1 is 1.20 bits per heavy atom. The smallest absolute Gasteiger partial charge is 0.305 e. The average molecular weight is 414 g/mol. The van der Waals surface area contributed by atoms with Gasteiger partial charge in [0.1, 0.15) is 0 Å². The number of rotatable bonds is 12. The Bertz CT molecular complexity index is 784. The molecule has 30 heavy (non-hydrogen) atoms. The lowest BCUT2D eigenvalue weighted by Crippen LogP contribution is -2.31. The second-order valence-corrected chi connectivity index (χ2v) is 7.35. The van der Waals surface area contributed by atoms with Crippen molar-refractivity contribution in [2.24, 2.45) is 0 Å². The third-order valence-corrected chi connectivity index (χ3v) is 5.01. The highest BCUT2D eigenvalue weighted by atomic mass is 16.5. The predicted octanol–water partition coefficient (Wildman–Crippen LogP) is 3.39. The summed E-state index contributed by atoms with van der Waals surface area (Å²) in [6.45, 7) is 1.03. The number of ether oxygens (including phenoxy) is 2. The van der Waals surface area contributed by atoms with Crippen LogP contribution in [0.4, 0.5) is 0 Å². The van der Waals surface area contributed by atoms with E-state index in [-0.39, 0.29) is 23.7 Å². The Balaban J connectivity index is 1.82. The zero-order valence-corrected chi connectivity index (χ0v) is 17.8. The van der Waals surface area contributed by atoms with Gasteiger partial charge in [-0.25, -0.2) is 0 Å². The van der Waals surface area contributed by atoms with Gasteiger partial charge in [0.15, 0.2) is 5.78 Å². The Hall–Kier alpha value is -2.73. The molecule has 1 fully saturated rings. The highest BCUT2D eigenvalue weighted by molar-refractivity contribution is 5.91. The van der Waals surface area contributed by atoms with Gasteiger partial charge in [-0.3, -0.25) is 14.4 Å². The average Bonchev–Trinajstić information content (AvgIpc) is 3.08. The molecule has 1 aromatic rings. The first-order chi connectivity index (χ1) is 14.5. The van der Waals surface area contributed by atoms with E-state index in [0.29, 0.717) is 32.4 Å². The summed E-state index contributed by atoms with van der Waals surface area (Å²) in [7, 11) is 3.03. The van der Waals surface area contributed by atoms with Crippen molar-refractivity contribution in [3.05, 3.63) is 59.7 Å². The van der Waals surface area contributed by atoms with Gasteiger partial charge in [-0.05, 0) is 36.5 Å². The van der Waals surface area contributed by atoms with Crippen LogP contribution in [0.3, 0.4) is 0 Å². The lowest BCUT2D eigenvalue weighted by atomic mass is 10.0. The molecular weight excluding hydrogens is 382 g/mol. The summed E-state index contributed by atoms with van der Waals surface area (Å²) in [6, 6.07) is 7.75. The molecule has 1 heterocycles. The van der Waals surface area contributed by atoms with Gasteiger partial charge in [0.25, 0.3) is 0 Å². The minimum Gasteiger partial charge on any atom is -0.469 e. The van der Waals surface area contributed by atoms with Gasteiger partial charge in [-0.1, -0.05) is 42.5 Å². The van der Waals surface area contributed by atoms with Crippen LogP contribution in [0.15, 0.2) is 48.6 Å². The molecule has 0 bridgehead atoms. The maximum atomic E-state index is 12.4. The van der Waals surface area contributed by atoms with E-state index >= 15 is 0 Å². The monoisotopic (exact) mass is 413 g/mol. The summed E-state index contributed by atoms with van der Waals surface area (Å²) >= 11 is 0. The number of nitrogens with zero attached hydrogens (tertiary/aromatic N) is 1. The van der Waals surface area contributed by atoms with Crippen LogP contribution in [-0.2, 0) is 36.9 Å². The van der Waals surface area contributed by atoms with Gasteiger partial charge in [0.2, 0.25) is 5.91 Å². The number of ketones is 1. The molecule has 0 aromatic heterocycles. The van der Waals surface area contributed by atoms with Crippen molar-refractivity contribution >= 4 is 17.7 Å². The lowest BCUT2D eigenvalue weighted by molar-refractivity contribution is -0.140.